The molecule has 0 spiro atoms. The quantitative estimate of drug-likeness (QED) is 0.647. The van der Waals surface area contributed by atoms with Gasteiger partial charge in [-0.15, -0.1) is 0 Å². The first kappa shape index (κ1) is 7.59. The first-order valence-electron chi connectivity index (χ1n) is 2.83. The smallest absolute Gasteiger partial charge is 0.356 e. The van der Waals surface area contributed by atoms with Gasteiger partial charge in [0, 0.05) is 0 Å². The minimum absolute atomic E-state index is 0.00935. The van der Waals surface area contributed by atoms with Gasteiger partial charge in [0.05, 0.1) is 11.9 Å². The molecule has 1 rings (SSSR count). The van der Waals surface area contributed by atoms with Gasteiger partial charge in [0.2, 0.25) is 5.95 Å². The average Bonchev–Trinajstić information content (AvgIpc) is 1.94. The van der Waals surface area contributed by atoms with Crippen LogP contribution in [0.2, 0.25) is 0 Å². The zero-order valence-electron chi connectivity index (χ0n) is 5.71. The van der Waals surface area contributed by atoms with Gasteiger partial charge >= 0.3 is 5.97 Å². The predicted octanol–water partition coefficient (Wildman–Crippen LogP) is 0.622. The molecule has 5 heteroatoms. The fraction of sp³-hybridized carbons (Fsp3) is 0.167. The van der Waals surface area contributed by atoms with Crippen LogP contribution in [0.25, 0.3) is 0 Å². The maximum absolute atomic E-state index is 12.4. The summed E-state index contributed by atoms with van der Waals surface area (Å²) in [5, 5.41) is 8.38. The lowest BCUT2D eigenvalue weighted by atomic mass is 10.4. The van der Waals surface area contributed by atoms with Crippen LogP contribution >= 0.6 is 0 Å². The molecule has 58 valence electrons. The maximum Gasteiger partial charge on any atom is 0.356 e. The van der Waals surface area contributed by atoms with Crippen LogP contribution in [-0.4, -0.2) is 21.0 Å². The Labute approximate surface area is 61.7 Å². The van der Waals surface area contributed by atoms with E-state index in [9.17, 15) is 9.18 Å². The summed E-state index contributed by atoms with van der Waals surface area (Å²) in [5.74, 6) is -1.95. The van der Waals surface area contributed by atoms with E-state index in [1.165, 1.54) is 6.92 Å². The fourth-order valence-corrected chi connectivity index (χ4v) is 0.570. The molecule has 11 heavy (non-hydrogen) atoms. The second-order valence-corrected chi connectivity index (χ2v) is 1.94. The molecule has 0 aliphatic rings. The molecule has 0 aliphatic heterocycles. The number of nitrogens with zero attached hydrogens (tertiary/aromatic N) is 2. The SMILES string of the molecule is Cc1nc(C(=O)O)cnc1F. The predicted molar refractivity (Wildman–Crippen MR) is 33.7 cm³/mol. The van der Waals surface area contributed by atoms with Crippen LogP contribution in [0.1, 0.15) is 16.2 Å². The molecule has 1 aromatic rings. The van der Waals surface area contributed by atoms with Gasteiger partial charge in [0.25, 0.3) is 0 Å². The minimum Gasteiger partial charge on any atom is -0.476 e. The van der Waals surface area contributed by atoms with Gasteiger partial charge in [-0.1, -0.05) is 0 Å². The van der Waals surface area contributed by atoms with Crippen LogP contribution in [-0.2, 0) is 0 Å². The normalized spacial score (nSPS) is 9.64. The van der Waals surface area contributed by atoms with E-state index in [1.54, 1.807) is 0 Å². The molecular formula is C6H5FN2O2. The number of carbonyl (C=O) groups is 1. The summed E-state index contributed by atoms with van der Waals surface area (Å²) in [6, 6.07) is 0. The van der Waals surface area contributed by atoms with Crippen molar-refractivity contribution >= 4 is 5.97 Å². The summed E-state index contributed by atoms with van der Waals surface area (Å²) < 4.78 is 12.4. The summed E-state index contributed by atoms with van der Waals surface area (Å²) in [4.78, 5) is 16.9. The van der Waals surface area contributed by atoms with Crippen molar-refractivity contribution in [1.29, 1.82) is 0 Å². The highest BCUT2D eigenvalue weighted by molar-refractivity contribution is 5.84. The monoisotopic (exact) mass is 156 g/mol. The first-order chi connectivity index (χ1) is 5.11. The molecule has 0 radical (unpaired) electrons. The molecule has 1 N–H and O–H groups in total. The standard InChI is InChI=1S/C6H5FN2O2/c1-3-5(7)8-2-4(9-3)6(10)11/h2H,1H3,(H,10,11). The second-order valence-electron chi connectivity index (χ2n) is 1.94. The molecule has 0 aromatic carbocycles. The summed E-state index contributed by atoms with van der Waals surface area (Å²) in [5.41, 5.74) is -0.256. The van der Waals surface area contributed by atoms with Crippen molar-refractivity contribution in [1.82, 2.24) is 9.97 Å². The number of aromatic nitrogens is 2. The zero-order valence-corrected chi connectivity index (χ0v) is 5.71. The highest BCUT2D eigenvalue weighted by Crippen LogP contribution is 1.99. The Morgan fingerprint density at radius 2 is 2.36 bits per heavy atom. The highest BCUT2D eigenvalue weighted by atomic mass is 19.1. The molecule has 0 amide bonds. The van der Waals surface area contributed by atoms with Crippen LogP contribution < -0.4 is 0 Å². The van der Waals surface area contributed by atoms with Crippen molar-refractivity contribution in [3.05, 3.63) is 23.5 Å². The molecule has 0 atom stereocenters. The Balaban J connectivity index is 3.15. The highest BCUT2D eigenvalue weighted by Gasteiger charge is 2.07. The topological polar surface area (TPSA) is 63.1 Å². The second kappa shape index (κ2) is 2.61. The Kier molecular flexibility index (Phi) is 1.80. The molecule has 0 unspecified atom stereocenters. The van der Waals surface area contributed by atoms with E-state index in [0.717, 1.165) is 6.20 Å². The van der Waals surface area contributed by atoms with Crippen molar-refractivity contribution in [2.75, 3.05) is 0 Å². The number of carboxylic acid groups (broad SMARTS) is 1. The fourth-order valence-electron chi connectivity index (χ4n) is 0.570. The van der Waals surface area contributed by atoms with Crippen LogP contribution in [0.4, 0.5) is 4.39 Å². The Bertz CT molecular complexity index is 301. The van der Waals surface area contributed by atoms with E-state index < -0.39 is 11.9 Å². The molecule has 0 fully saturated rings. The van der Waals surface area contributed by atoms with Gasteiger partial charge in [-0.25, -0.2) is 14.8 Å². The Hall–Kier alpha value is -1.52. The number of halogens is 1. The Morgan fingerprint density at radius 1 is 1.73 bits per heavy atom. The number of hydrogen-bond donors (Lipinski definition) is 1. The van der Waals surface area contributed by atoms with Gasteiger partial charge in [-0.2, -0.15) is 4.39 Å². The molecular weight excluding hydrogens is 151 g/mol. The Morgan fingerprint density at radius 3 is 2.82 bits per heavy atom. The third kappa shape index (κ3) is 1.49. The average molecular weight is 156 g/mol. The minimum atomic E-state index is -1.21. The van der Waals surface area contributed by atoms with Crippen molar-refractivity contribution < 1.29 is 14.3 Å². The lowest BCUT2D eigenvalue weighted by molar-refractivity contribution is 0.0689. The first-order valence-corrected chi connectivity index (χ1v) is 2.83. The van der Waals surface area contributed by atoms with E-state index in [-0.39, 0.29) is 11.4 Å². The van der Waals surface area contributed by atoms with Crippen LogP contribution in [0, 0.1) is 12.9 Å². The van der Waals surface area contributed by atoms with Gasteiger partial charge in [0.1, 0.15) is 0 Å². The molecule has 0 saturated carbocycles. The molecule has 1 aromatic heterocycles. The lowest BCUT2D eigenvalue weighted by Crippen LogP contribution is -2.04. The van der Waals surface area contributed by atoms with Crippen molar-refractivity contribution in [2.24, 2.45) is 0 Å². The molecule has 0 aliphatic carbocycles. The number of carboxylic acids is 1. The van der Waals surface area contributed by atoms with Gasteiger partial charge in [-0.05, 0) is 6.92 Å². The zero-order chi connectivity index (χ0) is 8.43. The van der Waals surface area contributed by atoms with E-state index in [1.807, 2.05) is 0 Å². The van der Waals surface area contributed by atoms with Crippen LogP contribution in [0.3, 0.4) is 0 Å². The summed E-state index contributed by atoms with van der Waals surface area (Å²) in [6.07, 6.45) is 0.880. The van der Waals surface area contributed by atoms with Gasteiger partial charge in [0.15, 0.2) is 5.69 Å². The number of aryl methyl sites for hydroxylation is 1. The van der Waals surface area contributed by atoms with E-state index in [2.05, 4.69) is 9.97 Å². The summed E-state index contributed by atoms with van der Waals surface area (Å²) in [7, 11) is 0. The summed E-state index contributed by atoms with van der Waals surface area (Å²) >= 11 is 0. The van der Waals surface area contributed by atoms with Crippen LogP contribution in [0.5, 0.6) is 0 Å². The van der Waals surface area contributed by atoms with Crippen molar-refractivity contribution in [3.8, 4) is 0 Å². The largest absolute Gasteiger partial charge is 0.476 e. The van der Waals surface area contributed by atoms with E-state index in [4.69, 9.17) is 5.11 Å². The summed E-state index contributed by atoms with van der Waals surface area (Å²) in [6.45, 7) is 1.36. The third-order valence-electron chi connectivity index (χ3n) is 1.11. The number of aromatic carboxylic acids is 1. The van der Waals surface area contributed by atoms with Crippen LogP contribution in [0.15, 0.2) is 6.20 Å². The molecule has 1 heterocycles. The maximum atomic E-state index is 12.4. The number of hydrogen-bond acceptors (Lipinski definition) is 3. The van der Waals surface area contributed by atoms with Gasteiger partial charge in [-0.3, -0.25) is 0 Å². The molecule has 0 bridgehead atoms. The van der Waals surface area contributed by atoms with Crippen molar-refractivity contribution in [2.45, 2.75) is 6.92 Å². The molecule has 4 nitrogen and oxygen atoms in total. The number of rotatable bonds is 1. The van der Waals surface area contributed by atoms with E-state index in [0.29, 0.717) is 0 Å². The van der Waals surface area contributed by atoms with Crippen molar-refractivity contribution in [3.63, 3.8) is 0 Å². The van der Waals surface area contributed by atoms with E-state index >= 15 is 0 Å². The van der Waals surface area contributed by atoms with Gasteiger partial charge < -0.3 is 5.11 Å². The molecule has 0 saturated heterocycles. The lowest BCUT2D eigenvalue weighted by Gasteiger charge is -1.94. The third-order valence-corrected chi connectivity index (χ3v) is 1.11.